The van der Waals surface area contributed by atoms with E-state index in [9.17, 15) is 4.79 Å². The molecule has 2 unspecified atom stereocenters. The van der Waals surface area contributed by atoms with Crippen molar-refractivity contribution in [2.75, 3.05) is 13.1 Å². The molecule has 3 fully saturated rings. The van der Waals surface area contributed by atoms with E-state index < -0.39 is 5.60 Å². The fraction of sp³-hybridized carbons (Fsp3) is 0.600. The fourth-order valence-corrected chi connectivity index (χ4v) is 3.42. The van der Waals surface area contributed by atoms with E-state index >= 15 is 0 Å². The Kier molecular flexibility index (Phi) is 3.48. The quantitative estimate of drug-likeness (QED) is 0.843. The van der Waals surface area contributed by atoms with Crippen LogP contribution in [0.1, 0.15) is 32.9 Å². The fourth-order valence-electron chi connectivity index (χ4n) is 3.19. The minimum Gasteiger partial charge on any atom is -0.444 e. The smallest absolute Gasteiger partial charge is 0.411 e. The molecule has 0 saturated carbocycles. The number of piperazine rings is 1. The number of fused-ring (bicyclic) bond motifs is 2. The number of aromatic nitrogens is 1. The molecule has 1 aromatic heterocycles. The summed E-state index contributed by atoms with van der Waals surface area (Å²) in [6.45, 7) is 7.21. The van der Waals surface area contributed by atoms with Crippen molar-refractivity contribution in [2.45, 2.75) is 44.4 Å². The maximum atomic E-state index is 12.5. The molecule has 1 N–H and O–H groups in total. The predicted octanol–water partition coefficient (Wildman–Crippen LogP) is 2.65. The second-order valence-electron chi connectivity index (χ2n) is 6.73. The van der Waals surface area contributed by atoms with Crippen LogP contribution in [0, 0.1) is 0 Å². The van der Waals surface area contributed by atoms with Crippen LogP contribution >= 0.6 is 15.9 Å². The minimum absolute atomic E-state index is 0.194. The number of hydrogen-bond acceptors (Lipinski definition) is 4. The van der Waals surface area contributed by atoms with Crippen LogP contribution in [0.3, 0.4) is 0 Å². The highest BCUT2D eigenvalue weighted by Crippen LogP contribution is 2.47. The van der Waals surface area contributed by atoms with Gasteiger partial charge in [-0.1, -0.05) is 0 Å². The van der Waals surface area contributed by atoms with E-state index in [1.54, 1.807) is 6.20 Å². The summed E-state index contributed by atoms with van der Waals surface area (Å²) >= 11 is 3.40. The van der Waals surface area contributed by atoms with Gasteiger partial charge in [0.05, 0.1) is 11.7 Å². The number of pyridine rings is 1. The topological polar surface area (TPSA) is 54.5 Å². The van der Waals surface area contributed by atoms with Crippen molar-refractivity contribution < 1.29 is 9.53 Å². The third-order valence-electron chi connectivity index (χ3n) is 3.99. The molecule has 2 atom stereocenters. The predicted molar refractivity (Wildman–Crippen MR) is 83.0 cm³/mol. The molecule has 4 rings (SSSR count). The standard InChI is InChI=1S/C15H20BrN3O2/c1-14(2,3)21-13(20)19-11-6-15(19,9-17-8-11)12-5-4-10(16)7-18-12/h4-5,7,11,17H,6,8-9H2,1-3H3. The van der Waals surface area contributed by atoms with Crippen LogP contribution in [0.5, 0.6) is 0 Å². The molecule has 0 aromatic carbocycles. The van der Waals surface area contributed by atoms with Crippen molar-refractivity contribution in [3.63, 3.8) is 0 Å². The van der Waals surface area contributed by atoms with Crippen molar-refractivity contribution in [2.24, 2.45) is 0 Å². The van der Waals surface area contributed by atoms with Gasteiger partial charge in [-0.15, -0.1) is 0 Å². The van der Waals surface area contributed by atoms with Gasteiger partial charge in [-0.05, 0) is 55.3 Å². The summed E-state index contributed by atoms with van der Waals surface area (Å²) in [5.41, 5.74) is 0.0642. The molecule has 0 radical (unpaired) electrons. The zero-order valence-corrected chi connectivity index (χ0v) is 14.1. The number of amides is 1. The summed E-state index contributed by atoms with van der Waals surface area (Å²) in [4.78, 5) is 18.9. The molecule has 0 aliphatic carbocycles. The lowest BCUT2D eigenvalue weighted by molar-refractivity contribution is -0.105. The molecule has 0 spiro atoms. The number of nitrogens with one attached hydrogen (secondary N) is 1. The molecule has 1 amide bonds. The van der Waals surface area contributed by atoms with Gasteiger partial charge in [0.25, 0.3) is 0 Å². The first kappa shape index (κ1) is 14.8. The number of hydrogen-bond donors (Lipinski definition) is 1. The maximum absolute atomic E-state index is 12.5. The van der Waals surface area contributed by atoms with E-state index in [4.69, 9.17) is 4.74 Å². The summed E-state index contributed by atoms with van der Waals surface area (Å²) in [7, 11) is 0. The number of rotatable bonds is 1. The largest absolute Gasteiger partial charge is 0.444 e. The zero-order chi connectivity index (χ0) is 15.3. The first-order valence-corrected chi connectivity index (χ1v) is 7.96. The first-order chi connectivity index (χ1) is 9.82. The average Bonchev–Trinajstić information content (AvgIpc) is 2.37. The molecular weight excluding hydrogens is 334 g/mol. The Morgan fingerprint density at radius 2 is 2.29 bits per heavy atom. The number of carbonyl (C=O) groups is 1. The normalized spacial score (nSPS) is 28.0. The molecule has 6 heteroatoms. The zero-order valence-electron chi connectivity index (χ0n) is 12.5. The van der Waals surface area contributed by atoms with E-state index in [-0.39, 0.29) is 17.7 Å². The lowest BCUT2D eigenvalue weighted by Gasteiger charge is -2.61. The summed E-state index contributed by atoms with van der Waals surface area (Å²) in [5.74, 6) is 0. The number of piperidine rings is 1. The summed E-state index contributed by atoms with van der Waals surface area (Å²) in [6.07, 6.45) is 2.47. The molecule has 3 aliphatic rings. The molecule has 2 bridgehead atoms. The van der Waals surface area contributed by atoms with Crippen molar-refractivity contribution in [3.05, 3.63) is 28.5 Å². The molecule has 5 nitrogen and oxygen atoms in total. The van der Waals surface area contributed by atoms with Gasteiger partial charge in [0.2, 0.25) is 0 Å². The molecule has 3 aliphatic heterocycles. The monoisotopic (exact) mass is 353 g/mol. The highest BCUT2D eigenvalue weighted by molar-refractivity contribution is 9.10. The summed E-state index contributed by atoms with van der Waals surface area (Å²) in [5, 5.41) is 3.38. The Morgan fingerprint density at radius 1 is 1.52 bits per heavy atom. The Bertz CT molecular complexity index is 551. The highest BCUT2D eigenvalue weighted by atomic mass is 79.9. The highest BCUT2D eigenvalue weighted by Gasteiger charge is 2.59. The second-order valence-corrected chi connectivity index (χ2v) is 7.65. The van der Waals surface area contributed by atoms with E-state index in [2.05, 4.69) is 26.2 Å². The van der Waals surface area contributed by atoms with E-state index in [0.717, 1.165) is 29.7 Å². The lowest BCUT2D eigenvalue weighted by Crippen LogP contribution is -2.76. The third kappa shape index (κ3) is 2.55. The Labute approximate surface area is 133 Å². The van der Waals surface area contributed by atoms with Gasteiger partial charge in [-0.25, -0.2) is 4.79 Å². The third-order valence-corrected chi connectivity index (χ3v) is 4.46. The van der Waals surface area contributed by atoms with Crippen LogP contribution in [0.2, 0.25) is 0 Å². The van der Waals surface area contributed by atoms with Crippen molar-refractivity contribution in [1.82, 2.24) is 15.2 Å². The maximum Gasteiger partial charge on any atom is 0.411 e. The summed E-state index contributed by atoms with van der Waals surface area (Å²) < 4.78 is 6.51. The van der Waals surface area contributed by atoms with Crippen LogP contribution in [0.15, 0.2) is 22.8 Å². The van der Waals surface area contributed by atoms with Gasteiger partial charge >= 0.3 is 6.09 Å². The summed E-state index contributed by atoms with van der Waals surface area (Å²) in [6, 6.07) is 4.13. The Balaban J connectivity index is 1.89. The van der Waals surface area contributed by atoms with Crippen molar-refractivity contribution in [1.29, 1.82) is 0 Å². The number of nitrogens with zero attached hydrogens (tertiary/aromatic N) is 2. The van der Waals surface area contributed by atoms with Crippen molar-refractivity contribution >= 4 is 22.0 Å². The molecule has 3 saturated heterocycles. The van der Waals surface area contributed by atoms with Gasteiger partial charge < -0.3 is 10.1 Å². The van der Waals surface area contributed by atoms with Gasteiger partial charge in [0.1, 0.15) is 11.1 Å². The van der Waals surface area contributed by atoms with E-state index in [1.807, 2.05) is 37.8 Å². The molecule has 4 heterocycles. The van der Waals surface area contributed by atoms with Gasteiger partial charge in [-0.3, -0.25) is 9.88 Å². The van der Waals surface area contributed by atoms with Crippen LogP contribution in [-0.2, 0) is 10.3 Å². The van der Waals surface area contributed by atoms with E-state index in [1.165, 1.54) is 0 Å². The number of carbonyl (C=O) groups excluding carboxylic acids is 1. The van der Waals surface area contributed by atoms with Gasteiger partial charge in [0.15, 0.2) is 0 Å². The second kappa shape index (κ2) is 4.95. The van der Waals surface area contributed by atoms with Crippen molar-refractivity contribution in [3.8, 4) is 0 Å². The first-order valence-electron chi connectivity index (χ1n) is 7.17. The van der Waals surface area contributed by atoms with Crippen LogP contribution < -0.4 is 5.32 Å². The van der Waals surface area contributed by atoms with E-state index in [0.29, 0.717) is 0 Å². The number of halogens is 1. The SMILES string of the molecule is CC(C)(C)OC(=O)N1C2CNCC1(c1ccc(Br)cn1)C2. The lowest BCUT2D eigenvalue weighted by atomic mass is 9.73. The Hall–Kier alpha value is -1.14. The molecule has 21 heavy (non-hydrogen) atoms. The van der Waals surface area contributed by atoms with Crippen LogP contribution in [0.4, 0.5) is 4.79 Å². The van der Waals surface area contributed by atoms with Gasteiger partial charge in [-0.2, -0.15) is 0 Å². The van der Waals surface area contributed by atoms with Crippen LogP contribution in [0.25, 0.3) is 0 Å². The minimum atomic E-state index is -0.483. The number of ether oxygens (including phenoxy) is 1. The Morgan fingerprint density at radius 3 is 2.86 bits per heavy atom. The van der Waals surface area contributed by atoms with Crippen LogP contribution in [-0.4, -0.2) is 40.7 Å². The van der Waals surface area contributed by atoms with Gasteiger partial charge in [0, 0.05) is 23.8 Å². The molecular formula is C15H20BrN3O2. The molecule has 1 aromatic rings. The average molecular weight is 354 g/mol. The molecule has 114 valence electrons.